The summed E-state index contributed by atoms with van der Waals surface area (Å²) in [6, 6.07) is 0. The first-order valence-electron chi connectivity index (χ1n) is 1.95. The summed E-state index contributed by atoms with van der Waals surface area (Å²) >= 11 is 4.18. The molecule has 5 heteroatoms. The number of rotatable bonds is 3. The summed E-state index contributed by atoms with van der Waals surface area (Å²) in [6.45, 7) is 2.86. The van der Waals surface area contributed by atoms with Crippen LogP contribution in [0.2, 0.25) is 0 Å². The Bertz CT molecular complexity index is 100. The van der Waals surface area contributed by atoms with E-state index in [1.54, 1.807) is 0 Å². The summed E-state index contributed by atoms with van der Waals surface area (Å²) in [6.07, 6.45) is -2.27. The van der Waals surface area contributed by atoms with Gasteiger partial charge in [-0.1, -0.05) is 6.58 Å². The highest BCUT2D eigenvalue weighted by Crippen LogP contribution is 2.26. The summed E-state index contributed by atoms with van der Waals surface area (Å²) in [7, 11) is 0. The van der Waals surface area contributed by atoms with Crippen LogP contribution in [0, 0.1) is 0 Å². The van der Waals surface area contributed by atoms with Crippen LogP contribution in [0.5, 0.6) is 0 Å². The lowest BCUT2D eigenvalue weighted by atomic mass is 10.7. The SMILES string of the molecule is C=COC(F)C(F)(F)Cl. The fourth-order valence-electron chi connectivity index (χ4n) is 0.162. The van der Waals surface area contributed by atoms with Gasteiger partial charge in [0.25, 0.3) is 0 Å². The number of hydrogen-bond donors (Lipinski definition) is 0. The molecule has 0 heterocycles. The first-order chi connectivity index (χ1) is 3.98. The van der Waals surface area contributed by atoms with Gasteiger partial charge in [-0.15, -0.1) is 0 Å². The molecule has 0 aliphatic heterocycles. The van der Waals surface area contributed by atoms with E-state index in [1.165, 1.54) is 0 Å². The lowest BCUT2D eigenvalue weighted by Gasteiger charge is -2.11. The van der Waals surface area contributed by atoms with E-state index in [1.807, 2.05) is 0 Å². The van der Waals surface area contributed by atoms with E-state index >= 15 is 0 Å². The number of alkyl halides is 4. The Morgan fingerprint density at radius 1 is 1.67 bits per heavy atom. The van der Waals surface area contributed by atoms with Crippen molar-refractivity contribution in [2.45, 2.75) is 11.7 Å². The first kappa shape index (κ1) is 8.62. The van der Waals surface area contributed by atoms with Crippen LogP contribution in [0.4, 0.5) is 13.2 Å². The minimum absolute atomic E-state index is 0.557. The Kier molecular flexibility index (Phi) is 2.84. The molecule has 0 aromatic heterocycles. The minimum Gasteiger partial charge on any atom is -0.462 e. The third-order valence-corrected chi connectivity index (χ3v) is 0.645. The van der Waals surface area contributed by atoms with E-state index in [-0.39, 0.29) is 0 Å². The molecule has 0 aromatic carbocycles. The molecule has 1 unspecified atom stereocenters. The van der Waals surface area contributed by atoms with E-state index in [0.717, 1.165) is 0 Å². The Morgan fingerprint density at radius 2 is 2.11 bits per heavy atom. The summed E-state index contributed by atoms with van der Waals surface area (Å²) in [4.78, 5) is 0. The van der Waals surface area contributed by atoms with E-state index in [9.17, 15) is 13.2 Å². The zero-order valence-corrected chi connectivity index (χ0v) is 5.04. The molecular weight excluding hydrogens is 156 g/mol. The molecule has 0 saturated carbocycles. The summed E-state index contributed by atoms with van der Waals surface area (Å²) < 4.78 is 38.4. The first-order valence-corrected chi connectivity index (χ1v) is 2.33. The molecule has 0 bridgehead atoms. The van der Waals surface area contributed by atoms with Crippen LogP contribution in [0.15, 0.2) is 12.8 Å². The van der Waals surface area contributed by atoms with Gasteiger partial charge in [-0.2, -0.15) is 13.2 Å². The second-order valence-electron chi connectivity index (χ2n) is 1.16. The zero-order chi connectivity index (χ0) is 7.49. The van der Waals surface area contributed by atoms with Gasteiger partial charge < -0.3 is 4.74 Å². The molecule has 0 saturated heterocycles. The second kappa shape index (κ2) is 2.96. The predicted molar refractivity (Wildman–Crippen MR) is 27.0 cm³/mol. The van der Waals surface area contributed by atoms with Crippen LogP contribution in [-0.4, -0.2) is 11.7 Å². The molecule has 0 aromatic rings. The average molecular weight is 161 g/mol. The Labute approximate surface area is 55.1 Å². The predicted octanol–water partition coefficient (Wildman–Crippen LogP) is 2.27. The fourth-order valence-corrected chi connectivity index (χ4v) is 0.213. The normalized spacial score (nSPS) is 14.7. The molecule has 54 valence electrons. The molecule has 1 nitrogen and oxygen atoms in total. The Morgan fingerprint density at radius 3 is 2.22 bits per heavy atom. The topological polar surface area (TPSA) is 9.23 Å². The Balaban J connectivity index is 3.72. The number of ether oxygens (including phenoxy) is 1. The van der Waals surface area contributed by atoms with Crippen molar-refractivity contribution in [1.29, 1.82) is 0 Å². The van der Waals surface area contributed by atoms with E-state index in [4.69, 9.17) is 0 Å². The molecule has 9 heavy (non-hydrogen) atoms. The summed E-state index contributed by atoms with van der Waals surface area (Å²) in [5, 5.41) is -3.98. The molecule has 0 N–H and O–H groups in total. The molecule has 0 rings (SSSR count). The largest absolute Gasteiger partial charge is 0.462 e. The second-order valence-corrected chi connectivity index (χ2v) is 1.66. The Hall–Kier alpha value is -0.380. The van der Waals surface area contributed by atoms with Crippen molar-refractivity contribution in [3.63, 3.8) is 0 Å². The van der Waals surface area contributed by atoms with Crippen molar-refractivity contribution in [2.75, 3.05) is 0 Å². The van der Waals surface area contributed by atoms with Crippen LogP contribution in [-0.2, 0) is 4.74 Å². The molecule has 0 aliphatic carbocycles. The van der Waals surface area contributed by atoms with Gasteiger partial charge in [-0.25, -0.2) is 0 Å². The summed E-state index contributed by atoms with van der Waals surface area (Å²) in [5.41, 5.74) is 0. The van der Waals surface area contributed by atoms with Crippen molar-refractivity contribution < 1.29 is 17.9 Å². The van der Waals surface area contributed by atoms with Crippen molar-refractivity contribution in [2.24, 2.45) is 0 Å². The summed E-state index contributed by atoms with van der Waals surface area (Å²) in [5.74, 6) is 0. The van der Waals surface area contributed by atoms with Crippen LogP contribution in [0.1, 0.15) is 0 Å². The number of halogens is 4. The molecule has 0 spiro atoms. The smallest absolute Gasteiger partial charge is 0.387 e. The van der Waals surface area contributed by atoms with Crippen LogP contribution >= 0.6 is 11.6 Å². The van der Waals surface area contributed by atoms with Crippen molar-refractivity contribution in [1.82, 2.24) is 0 Å². The van der Waals surface area contributed by atoms with Crippen LogP contribution < -0.4 is 0 Å². The maximum absolute atomic E-state index is 11.7. The maximum atomic E-state index is 11.7. The quantitative estimate of drug-likeness (QED) is 0.455. The monoisotopic (exact) mass is 160 g/mol. The molecule has 0 radical (unpaired) electrons. The van der Waals surface area contributed by atoms with Gasteiger partial charge in [0.15, 0.2) is 0 Å². The standard InChI is InChI=1S/C4H4ClF3O/c1-2-9-3(6)4(5,7)8/h2-3H,1H2. The minimum atomic E-state index is -3.98. The van der Waals surface area contributed by atoms with Crippen molar-refractivity contribution in [3.05, 3.63) is 12.8 Å². The van der Waals surface area contributed by atoms with Gasteiger partial charge in [0, 0.05) is 0 Å². The van der Waals surface area contributed by atoms with Gasteiger partial charge in [0.2, 0.25) is 0 Å². The van der Waals surface area contributed by atoms with Crippen molar-refractivity contribution in [3.8, 4) is 0 Å². The van der Waals surface area contributed by atoms with Gasteiger partial charge in [0.1, 0.15) is 0 Å². The average Bonchev–Trinajstić information content (AvgIpc) is 1.64. The lowest BCUT2D eigenvalue weighted by molar-refractivity contribution is -0.119. The van der Waals surface area contributed by atoms with E-state index < -0.39 is 11.7 Å². The third-order valence-electron chi connectivity index (χ3n) is 0.473. The van der Waals surface area contributed by atoms with E-state index in [2.05, 4.69) is 22.9 Å². The lowest BCUT2D eigenvalue weighted by Crippen LogP contribution is -2.23. The van der Waals surface area contributed by atoms with Crippen LogP contribution in [0.3, 0.4) is 0 Å². The molecule has 1 atom stereocenters. The van der Waals surface area contributed by atoms with Gasteiger partial charge in [-0.05, 0) is 11.6 Å². The maximum Gasteiger partial charge on any atom is 0.387 e. The zero-order valence-electron chi connectivity index (χ0n) is 4.28. The highest BCUT2D eigenvalue weighted by Gasteiger charge is 2.38. The van der Waals surface area contributed by atoms with Gasteiger partial charge >= 0.3 is 11.7 Å². The number of hydrogen-bond acceptors (Lipinski definition) is 1. The molecule has 0 fully saturated rings. The van der Waals surface area contributed by atoms with Gasteiger partial charge in [-0.3, -0.25) is 0 Å². The molecule has 0 amide bonds. The highest BCUT2D eigenvalue weighted by molar-refractivity contribution is 6.22. The third kappa shape index (κ3) is 3.24. The van der Waals surface area contributed by atoms with E-state index in [0.29, 0.717) is 6.26 Å². The highest BCUT2D eigenvalue weighted by atomic mass is 35.5. The molecule has 0 aliphatic rings. The van der Waals surface area contributed by atoms with Crippen LogP contribution in [0.25, 0.3) is 0 Å². The molecular formula is C4H4ClF3O. The van der Waals surface area contributed by atoms with Crippen molar-refractivity contribution >= 4 is 11.6 Å². The van der Waals surface area contributed by atoms with Gasteiger partial charge in [0.05, 0.1) is 6.26 Å². The fraction of sp³-hybridized carbons (Fsp3) is 0.500.